The van der Waals surface area contributed by atoms with Crippen molar-refractivity contribution in [3.8, 4) is 0 Å². The Hall–Kier alpha value is -1.95. The molecule has 2 heterocycles. The largest absolute Gasteiger partial charge is 0.354 e. The molecule has 0 saturated heterocycles. The van der Waals surface area contributed by atoms with Crippen molar-refractivity contribution in [1.82, 2.24) is 14.9 Å². The fourth-order valence-electron chi connectivity index (χ4n) is 1.69. The van der Waals surface area contributed by atoms with E-state index in [1.54, 1.807) is 17.8 Å². The molecule has 0 aliphatic heterocycles. The maximum atomic E-state index is 11.7. The van der Waals surface area contributed by atoms with Crippen LogP contribution in [0.1, 0.15) is 11.3 Å². The predicted octanol–water partition coefficient (Wildman–Crippen LogP) is 0.972. The number of carbonyl (C=O) groups excluding carboxylic acids is 1. The van der Waals surface area contributed by atoms with Gasteiger partial charge in [-0.2, -0.15) is 0 Å². The summed E-state index contributed by atoms with van der Waals surface area (Å²) < 4.78 is 1.48. The predicted molar refractivity (Wildman–Crippen MR) is 74.3 cm³/mol. The Kier molecular flexibility index (Phi) is 4.46. The second-order valence-electron chi connectivity index (χ2n) is 4.19. The number of nitrogens with zero attached hydrogens (tertiary/aromatic N) is 2. The molecule has 6 heteroatoms. The molecular weight excluding hydrogens is 262 g/mol. The average Bonchev–Trinajstić information content (AvgIpc) is 2.72. The molecule has 1 amide bonds. The van der Waals surface area contributed by atoms with Crippen LogP contribution in [0.15, 0.2) is 34.7 Å². The van der Waals surface area contributed by atoms with E-state index in [1.807, 2.05) is 19.1 Å². The zero-order valence-electron chi connectivity index (χ0n) is 10.6. The molecule has 0 aromatic carbocycles. The third-order valence-electron chi connectivity index (χ3n) is 2.74. The Labute approximate surface area is 114 Å². The number of aryl methyl sites for hydroxylation is 1. The highest BCUT2D eigenvalue weighted by Gasteiger charge is 2.07. The van der Waals surface area contributed by atoms with Crippen molar-refractivity contribution in [1.29, 1.82) is 0 Å². The molecule has 100 valence electrons. The zero-order valence-corrected chi connectivity index (χ0v) is 11.4. The lowest BCUT2D eigenvalue weighted by molar-refractivity contribution is -0.121. The molecule has 0 atom stereocenters. The van der Waals surface area contributed by atoms with Crippen LogP contribution < -0.4 is 10.2 Å². The lowest BCUT2D eigenvalue weighted by atomic mass is 10.2. The molecule has 0 aliphatic carbocycles. The molecule has 0 radical (unpaired) electrons. The number of aromatic nitrogens is 2. The van der Waals surface area contributed by atoms with Crippen molar-refractivity contribution in [2.75, 3.05) is 6.54 Å². The first-order chi connectivity index (χ1) is 9.16. The summed E-state index contributed by atoms with van der Waals surface area (Å²) in [5, 5.41) is 4.56. The van der Waals surface area contributed by atoms with Gasteiger partial charge in [-0.3, -0.25) is 19.1 Å². The molecule has 0 saturated carbocycles. The number of rotatable bonds is 5. The first kappa shape index (κ1) is 13.5. The summed E-state index contributed by atoms with van der Waals surface area (Å²) in [7, 11) is 0. The molecule has 19 heavy (non-hydrogen) atoms. The van der Waals surface area contributed by atoms with E-state index in [4.69, 9.17) is 0 Å². The van der Waals surface area contributed by atoms with Gasteiger partial charge in [0, 0.05) is 30.0 Å². The zero-order chi connectivity index (χ0) is 13.7. The van der Waals surface area contributed by atoms with E-state index in [1.165, 1.54) is 4.57 Å². The number of thiazole rings is 1. The Balaban J connectivity index is 1.81. The SMILES string of the molecule is Cc1csc(=O)n1CC(=O)NCCc1cccnc1. The van der Waals surface area contributed by atoms with Crippen LogP contribution in [0.2, 0.25) is 0 Å². The summed E-state index contributed by atoms with van der Waals surface area (Å²) in [6.45, 7) is 2.45. The Bertz CT molecular complexity index is 604. The van der Waals surface area contributed by atoms with Gasteiger partial charge in [-0.05, 0) is 25.0 Å². The normalized spacial score (nSPS) is 10.4. The lowest BCUT2D eigenvalue weighted by Crippen LogP contribution is -2.32. The van der Waals surface area contributed by atoms with Gasteiger partial charge in [-0.25, -0.2) is 0 Å². The summed E-state index contributed by atoms with van der Waals surface area (Å²) in [5.41, 5.74) is 1.89. The number of hydrogen-bond acceptors (Lipinski definition) is 4. The molecule has 0 fully saturated rings. The molecule has 2 rings (SSSR count). The first-order valence-electron chi connectivity index (χ1n) is 5.97. The van der Waals surface area contributed by atoms with Gasteiger partial charge in [0.1, 0.15) is 6.54 Å². The minimum Gasteiger partial charge on any atom is -0.354 e. The molecule has 1 N–H and O–H groups in total. The molecular formula is C13H15N3O2S. The van der Waals surface area contributed by atoms with Gasteiger partial charge < -0.3 is 5.32 Å². The van der Waals surface area contributed by atoms with Gasteiger partial charge >= 0.3 is 4.87 Å². The van der Waals surface area contributed by atoms with Gasteiger partial charge in [0.2, 0.25) is 5.91 Å². The second-order valence-corrected chi connectivity index (χ2v) is 5.01. The van der Waals surface area contributed by atoms with E-state index in [0.717, 1.165) is 29.0 Å². The number of hydrogen-bond donors (Lipinski definition) is 1. The van der Waals surface area contributed by atoms with E-state index in [0.29, 0.717) is 6.54 Å². The third kappa shape index (κ3) is 3.75. The van der Waals surface area contributed by atoms with E-state index >= 15 is 0 Å². The minimum atomic E-state index is -0.146. The van der Waals surface area contributed by atoms with Crippen LogP contribution in [0.25, 0.3) is 0 Å². The number of pyridine rings is 1. The molecule has 2 aromatic rings. The van der Waals surface area contributed by atoms with Gasteiger partial charge in [0.05, 0.1) is 0 Å². The maximum Gasteiger partial charge on any atom is 0.307 e. The van der Waals surface area contributed by atoms with Crippen LogP contribution in [0.5, 0.6) is 0 Å². The second kappa shape index (κ2) is 6.29. The van der Waals surface area contributed by atoms with E-state index in [9.17, 15) is 9.59 Å². The minimum absolute atomic E-state index is 0.0845. The Morgan fingerprint density at radius 2 is 2.37 bits per heavy atom. The van der Waals surface area contributed by atoms with Crippen LogP contribution in [0.4, 0.5) is 0 Å². The van der Waals surface area contributed by atoms with Crippen molar-refractivity contribution < 1.29 is 4.79 Å². The summed E-state index contributed by atoms with van der Waals surface area (Å²) in [5.74, 6) is -0.146. The van der Waals surface area contributed by atoms with Gasteiger partial charge in [0.15, 0.2) is 0 Å². The lowest BCUT2D eigenvalue weighted by Gasteiger charge is -2.06. The van der Waals surface area contributed by atoms with Crippen molar-refractivity contribution in [3.63, 3.8) is 0 Å². The number of nitrogens with one attached hydrogen (secondary N) is 1. The van der Waals surface area contributed by atoms with E-state index in [2.05, 4.69) is 10.3 Å². The Morgan fingerprint density at radius 3 is 3.00 bits per heavy atom. The van der Waals surface area contributed by atoms with E-state index in [-0.39, 0.29) is 17.3 Å². The molecule has 0 bridgehead atoms. The van der Waals surface area contributed by atoms with Crippen LogP contribution >= 0.6 is 11.3 Å². The third-order valence-corrected chi connectivity index (χ3v) is 3.62. The van der Waals surface area contributed by atoms with Crippen molar-refractivity contribution in [3.05, 3.63) is 50.8 Å². The quantitative estimate of drug-likeness (QED) is 0.886. The average molecular weight is 277 g/mol. The van der Waals surface area contributed by atoms with Gasteiger partial charge in [0.25, 0.3) is 0 Å². The smallest absolute Gasteiger partial charge is 0.307 e. The molecule has 5 nitrogen and oxygen atoms in total. The van der Waals surface area contributed by atoms with Gasteiger partial charge in [-0.15, -0.1) is 0 Å². The number of amides is 1. The van der Waals surface area contributed by atoms with Crippen LogP contribution in [-0.4, -0.2) is 22.0 Å². The van der Waals surface area contributed by atoms with Crippen molar-refractivity contribution in [2.45, 2.75) is 19.9 Å². The van der Waals surface area contributed by atoms with Gasteiger partial charge in [-0.1, -0.05) is 17.4 Å². The Morgan fingerprint density at radius 1 is 1.53 bits per heavy atom. The molecule has 0 aliphatic rings. The molecule has 2 aromatic heterocycles. The van der Waals surface area contributed by atoms with Crippen molar-refractivity contribution >= 4 is 17.2 Å². The standard InChI is InChI=1S/C13H15N3O2S/c1-10-9-19-13(18)16(10)8-12(17)15-6-4-11-3-2-5-14-7-11/h2-3,5,7,9H,4,6,8H2,1H3,(H,15,17). The molecule has 0 unspecified atom stereocenters. The highest BCUT2D eigenvalue weighted by Crippen LogP contribution is 1.99. The summed E-state index contributed by atoms with van der Waals surface area (Å²) in [6, 6.07) is 3.83. The first-order valence-corrected chi connectivity index (χ1v) is 6.85. The fraction of sp³-hybridized carbons (Fsp3) is 0.308. The summed E-state index contributed by atoms with van der Waals surface area (Å²) >= 11 is 1.11. The maximum absolute atomic E-state index is 11.7. The highest BCUT2D eigenvalue weighted by molar-refractivity contribution is 7.07. The van der Waals surface area contributed by atoms with E-state index < -0.39 is 0 Å². The highest BCUT2D eigenvalue weighted by atomic mass is 32.1. The molecule has 0 spiro atoms. The van der Waals surface area contributed by atoms with Crippen molar-refractivity contribution in [2.24, 2.45) is 0 Å². The topological polar surface area (TPSA) is 64.0 Å². The van der Waals surface area contributed by atoms with Crippen LogP contribution in [0, 0.1) is 6.92 Å². The number of carbonyl (C=O) groups is 1. The van der Waals surface area contributed by atoms with Crippen LogP contribution in [0.3, 0.4) is 0 Å². The summed E-state index contributed by atoms with van der Waals surface area (Å²) in [6.07, 6.45) is 4.23. The fourth-order valence-corrected chi connectivity index (χ4v) is 2.42. The van der Waals surface area contributed by atoms with Crippen LogP contribution in [-0.2, 0) is 17.8 Å². The monoisotopic (exact) mass is 277 g/mol. The summed E-state index contributed by atoms with van der Waals surface area (Å²) in [4.78, 5) is 27.1.